The van der Waals surface area contributed by atoms with Gasteiger partial charge in [-0.15, -0.1) is 11.8 Å². The summed E-state index contributed by atoms with van der Waals surface area (Å²) in [5.74, 6) is 0.583. The number of ketones is 1. The molecule has 1 aliphatic heterocycles. The summed E-state index contributed by atoms with van der Waals surface area (Å²) in [5, 5.41) is 2.94. The van der Waals surface area contributed by atoms with Gasteiger partial charge in [0.2, 0.25) is 0 Å². The van der Waals surface area contributed by atoms with Crippen LogP contribution in [0, 0.1) is 0 Å². The molecule has 1 saturated heterocycles. The number of amides is 1. The third-order valence-corrected chi connectivity index (χ3v) is 6.20. The molecule has 1 N–H and O–H groups in total. The summed E-state index contributed by atoms with van der Waals surface area (Å²) in [7, 11) is 0. The zero-order valence-corrected chi connectivity index (χ0v) is 17.4. The molecule has 4 nitrogen and oxygen atoms in total. The number of anilines is 1. The third-order valence-electron chi connectivity index (χ3n) is 5.00. The van der Waals surface area contributed by atoms with Crippen molar-refractivity contribution in [3.63, 3.8) is 0 Å². The summed E-state index contributed by atoms with van der Waals surface area (Å²) in [5.41, 5.74) is 2.39. The summed E-state index contributed by atoms with van der Waals surface area (Å²) >= 11 is 1.65. The zero-order chi connectivity index (χ0) is 20.8. The molecule has 1 atom stereocenters. The lowest BCUT2D eigenvalue weighted by Gasteiger charge is -2.13. The van der Waals surface area contributed by atoms with Crippen LogP contribution in [0.1, 0.15) is 39.1 Å². The number of carbonyl (C=O) groups is 2. The van der Waals surface area contributed by atoms with E-state index in [1.807, 2.05) is 42.5 Å². The van der Waals surface area contributed by atoms with E-state index in [1.54, 1.807) is 48.2 Å². The van der Waals surface area contributed by atoms with Gasteiger partial charge in [0.25, 0.3) is 5.91 Å². The van der Waals surface area contributed by atoms with Crippen molar-refractivity contribution in [3.8, 4) is 0 Å². The summed E-state index contributed by atoms with van der Waals surface area (Å²) in [6, 6.07) is 23.8. The molecule has 0 saturated carbocycles. The highest BCUT2D eigenvalue weighted by molar-refractivity contribution is 7.99. The van der Waals surface area contributed by atoms with Crippen LogP contribution in [0.2, 0.25) is 0 Å². The number of hydrogen-bond donors (Lipinski definition) is 1. The van der Waals surface area contributed by atoms with Crippen molar-refractivity contribution in [1.82, 2.24) is 0 Å². The van der Waals surface area contributed by atoms with Crippen molar-refractivity contribution in [2.45, 2.75) is 23.8 Å². The number of rotatable bonds is 7. The fourth-order valence-electron chi connectivity index (χ4n) is 3.43. The molecule has 0 aromatic heterocycles. The number of carbonyl (C=O) groups excluding carboxylic acids is 2. The highest BCUT2D eigenvalue weighted by Crippen LogP contribution is 2.27. The second-order valence-electron chi connectivity index (χ2n) is 7.17. The van der Waals surface area contributed by atoms with Crippen molar-refractivity contribution < 1.29 is 14.3 Å². The van der Waals surface area contributed by atoms with Gasteiger partial charge >= 0.3 is 0 Å². The molecule has 1 fully saturated rings. The first kappa shape index (κ1) is 20.4. The van der Waals surface area contributed by atoms with Crippen LogP contribution in [-0.4, -0.2) is 30.2 Å². The fourth-order valence-corrected chi connectivity index (χ4v) is 4.55. The standard InChI is InChI=1S/C25H23NO3S/c27-24(18-8-2-1-3-9-18)19-10-6-11-20(16-19)26-25(28)22-13-4-5-14-23(22)30-17-21-12-7-15-29-21/h1-6,8-11,13-14,16,21H,7,12,15,17H2,(H,26,28). The maximum atomic E-state index is 12.9. The minimum absolute atomic E-state index is 0.0702. The van der Waals surface area contributed by atoms with E-state index in [1.165, 1.54) is 0 Å². The molecule has 4 rings (SSSR count). The monoisotopic (exact) mass is 417 g/mol. The van der Waals surface area contributed by atoms with E-state index >= 15 is 0 Å². The zero-order valence-electron chi connectivity index (χ0n) is 16.5. The first-order valence-electron chi connectivity index (χ1n) is 10.1. The van der Waals surface area contributed by atoms with Crippen LogP contribution in [0.3, 0.4) is 0 Å². The second kappa shape index (κ2) is 9.74. The van der Waals surface area contributed by atoms with Crippen molar-refractivity contribution in [3.05, 3.63) is 95.6 Å². The molecule has 0 radical (unpaired) electrons. The van der Waals surface area contributed by atoms with Crippen LogP contribution in [0.4, 0.5) is 5.69 Å². The SMILES string of the molecule is O=C(c1ccccc1)c1cccc(NC(=O)c2ccccc2SCC2CCCO2)c1. The normalized spacial score (nSPS) is 15.7. The summed E-state index contributed by atoms with van der Waals surface area (Å²) in [6.45, 7) is 0.825. The van der Waals surface area contributed by atoms with E-state index in [9.17, 15) is 9.59 Å². The molecular formula is C25H23NO3S. The Labute approximate surface area is 180 Å². The Bertz CT molecular complexity index is 1030. The van der Waals surface area contributed by atoms with E-state index in [-0.39, 0.29) is 17.8 Å². The third kappa shape index (κ3) is 4.99. The van der Waals surface area contributed by atoms with E-state index in [4.69, 9.17) is 4.74 Å². The topological polar surface area (TPSA) is 55.4 Å². The van der Waals surface area contributed by atoms with E-state index in [2.05, 4.69) is 5.32 Å². The van der Waals surface area contributed by atoms with Crippen LogP contribution in [0.25, 0.3) is 0 Å². The van der Waals surface area contributed by atoms with Crippen LogP contribution in [0.15, 0.2) is 83.8 Å². The molecule has 3 aromatic carbocycles. The molecule has 0 aliphatic carbocycles. The van der Waals surface area contributed by atoms with Gasteiger partial charge in [0.1, 0.15) is 0 Å². The van der Waals surface area contributed by atoms with E-state index < -0.39 is 0 Å². The quantitative estimate of drug-likeness (QED) is 0.411. The molecule has 0 spiro atoms. The molecule has 1 heterocycles. The number of benzene rings is 3. The Morgan fingerprint density at radius 3 is 2.50 bits per heavy atom. The molecule has 0 bridgehead atoms. The number of hydrogen-bond acceptors (Lipinski definition) is 4. The molecule has 5 heteroatoms. The van der Waals surface area contributed by atoms with Gasteiger partial charge in [0.05, 0.1) is 11.7 Å². The van der Waals surface area contributed by atoms with E-state index in [0.717, 1.165) is 30.1 Å². The van der Waals surface area contributed by atoms with Gasteiger partial charge in [-0.3, -0.25) is 9.59 Å². The Morgan fingerprint density at radius 2 is 1.70 bits per heavy atom. The largest absolute Gasteiger partial charge is 0.377 e. The average Bonchev–Trinajstić information content (AvgIpc) is 3.32. The second-order valence-corrected chi connectivity index (χ2v) is 8.23. The first-order valence-corrected chi connectivity index (χ1v) is 11.0. The molecule has 1 unspecified atom stereocenters. The van der Waals surface area contributed by atoms with Gasteiger partial charge in [-0.2, -0.15) is 0 Å². The van der Waals surface area contributed by atoms with Crippen molar-refractivity contribution in [2.24, 2.45) is 0 Å². The lowest BCUT2D eigenvalue weighted by molar-refractivity contribution is 0.101. The molecule has 3 aromatic rings. The molecular weight excluding hydrogens is 394 g/mol. The molecule has 30 heavy (non-hydrogen) atoms. The van der Waals surface area contributed by atoms with Gasteiger partial charge in [-0.05, 0) is 37.1 Å². The highest BCUT2D eigenvalue weighted by atomic mass is 32.2. The predicted octanol–water partition coefficient (Wildman–Crippen LogP) is 5.44. The maximum Gasteiger partial charge on any atom is 0.256 e. The van der Waals surface area contributed by atoms with Crippen molar-refractivity contribution in [2.75, 3.05) is 17.7 Å². The van der Waals surface area contributed by atoms with Gasteiger partial charge in [0.15, 0.2) is 5.78 Å². The maximum absolute atomic E-state index is 12.9. The predicted molar refractivity (Wildman–Crippen MR) is 120 cm³/mol. The van der Waals surface area contributed by atoms with Gasteiger partial charge in [0, 0.05) is 34.1 Å². The summed E-state index contributed by atoms with van der Waals surface area (Å²) in [4.78, 5) is 26.6. The van der Waals surface area contributed by atoms with E-state index in [0.29, 0.717) is 22.4 Å². The van der Waals surface area contributed by atoms with Gasteiger partial charge in [-0.1, -0.05) is 54.6 Å². The Hall–Kier alpha value is -2.89. The fraction of sp³-hybridized carbons (Fsp3) is 0.200. The lowest BCUT2D eigenvalue weighted by atomic mass is 10.0. The average molecular weight is 418 g/mol. The van der Waals surface area contributed by atoms with Crippen LogP contribution >= 0.6 is 11.8 Å². The molecule has 152 valence electrons. The number of nitrogens with one attached hydrogen (secondary N) is 1. The highest BCUT2D eigenvalue weighted by Gasteiger charge is 2.18. The minimum Gasteiger partial charge on any atom is -0.377 e. The number of ether oxygens (including phenoxy) is 1. The minimum atomic E-state index is -0.185. The molecule has 1 aliphatic rings. The smallest absolute Gasteiger partial charge is 0.256 e. The van der Waals surface area contributed by atoms with Crippen LogP contribution in [-0.2, 0) is 4.74 Å². The summed E-state index contributed by atoms with van der Waals surface area (Å²) in [6.07, 6.45) is 2.43. The van der Waals surface area contributed by atoms with Gasteiger partial charge in [-0.25, -0.2) is 0 Å². The Kier molecular flexibility index (Phi) is 6.62. The molecule has 1 amide bonds. The van der Waals surface area contributed by atoms with Crippen molar-refractivity contribution >= 4 is 29.1 Å². The van der Waals surface area contributed by atoms with Gasteiger partial charge < -0.3 is 10.1 Å². The van der Waals surface area contributed by atoms with Crippen molar-refractivity contribution in [1.29, 1.82) is 0 Å². The van der Waals surface area contributed by atoms with Crippen LogP contribution < -0.4 is 5.32 Å². The summed E-state index contributed by atoms with van der Waals surface area (Å²) < 4.78 is 5.69. The Balaban J connectivity index is 1.47. The number of thioether (sulfide) groups is 1. The first-order chi connectivity index (χ1) is 14.7. The Morgan fingerprint density at radius 1 is 0.933 bits per heavy atom. The lowest BCUT2D eigenvalue weighted by Crippen LogP contribution is -2.14. The van der Waals surface area contributed by atoms with Crippen LogP contribution in [0.5, 0.6) is 0 Å².